The van der Waals surface area contributed by atoms with Crippen molar-refractivity contribution in [1.29, 1.82) is 0 Å². The van der Waals surface area contributed by atoms with E-state index in [2.05, 4.69) is 30.4 Å². The Labute approximate surface area is 117 Å². The van der Waals surface area contributed by atoms with Crippen molar-refractivity contribution in [3.8, 4) is 5.75 Å². The van der Waals surface area contributed by atoms with E-state index in [-0.39, 0.29) is 11.3 Å². The molecule has 0 saturated carbocycles. The third-order valence-corrected chi connectivity index (χ3v) is 3.05. The molecule has 4 heteroatoms. The number of aryl methyl sites for hydroxylation is 1. The highest BCUT2D eigenvalue weighted by Gasteiger charge is 2.09. The zero-order chi connectivity index (χ0) is 14.5. The second kappa shape index (κ2) is 6.10. The second-order valence-corrected chi connectivity index (χ2v) is 4.70. The molecule has 0 aliphatic heterocycles. The summed E-state index contributed by atoms with van der Waals surface area (Å²) < 4.78 is 0. The number of carboxylic acids is 1. The van der Waals surface area contributed by atoms with Gasteiger partial charge in [-0.1, -0.05) is 29.8 Å². The van der Waals surface area contributed by atoms with Crippen LogP contribution in [0, 0.1) is 6.92 Å². The van der Waals surface area contributed by atoms with Crippen molar-refractivity contribution in [2.75, 3.05) is 11.9 Å². The van der Waals surface area contributed by atoms with E-state index in [1.165, 1.54) is 23.3 Å². The van der Waals surface area contributed by atoms with Crippen molar-refractivity contribution >= 4 is 11.7 Å². The summed E-state index contributed by atoms with van der Waals surface area (Å²) >= 11 is 0. The number of phenols is 1. The number of carboxylic acid groups (broad SMARTS) is 1. The number of aromatic hydroxyl groups is 1. The van der Waals surface area contributed by atoms with Gasteiger partial charge in [0.15, 0.2) is 0 Å². The van der Waals surface area contributed by atoms with Crippen LogP contribution in [0.5, 0.6) is 5.75 Å². The summed E-state index contributed by atoms with van der Waals surface area (Å²) in [4.78, 5) is 10.9. The fourth-order valence-electron chi connectivity index (χ4n) is 2.04. The van der Waals surface area contributed by atoms with Gasteiger partial charge < -0.3 is 15.5 Å². The zero-order valence-corrected chi connectivity index (χ0v) is 11.3. The number of nitrogens with one attached hydrogen (secondary N) is 1. The maximum Gasteiger partial charge on any atom is 0.339 e. The topological polar surface area (TPSA) is 69.6 Å². The minimum atomic E-state index is -1.13. The van der Waals surface area contributed by atoms with Crippen LogP contribution in [0.2, 0.25) is 0 Å². The molecule has 0 aliphatic carbocycles. The lowest BCUT2D eigenvalue weighted by atomic mass is 10.1. The fourth-order valence-corrected chi connectivity index (χ4v) is 2.04. The highest BCUT2D eigenvalue weighted by molar-refractivity contribution is 5.91. The van der Waals surface area contributed by atoms with E-state index in [1.54, 1.807) is 6.07 Å². The summed E-state index contributed by atoms with van der Waals surface area (Å²) in [7, 11) is 0. The van der Waals surface area contributed by atoms with Gasteiger partial charge in [0.25, 0.3) is 0 Å². The van der Waals surface area contributed by atoms with Crippen molar-refractivity contribution in [2.24, 2.45) is 0 Å². The van der Waals surface area contributed by atoms with E-state index in [0.29, 0.717) is 12.2 Å². The highest BCUT2D eigenvalue weighted by Crippen LogP contribution is 2.21. The molecule has 0 spiro atoms. The first-order valence-electron chi connectivity index (χ1n) is 6.42. The van der Waals surface area contributed by atoms with Crippen LogP contribution in [-0.4, -0.2) is 22.7 Å². The molecule has 0 atom stereocenters. The van der Waals surface area contributed by atoms with Gasteiger partial charge in [0.05, 0.1) is 0 Å². The van der Waals surface area contributed by atoms with Gasteiger partial charge in [0, 0.05) is 12.2 Å². The van der Waals surface area contributed by atoms with Crippen LogP contribution >= 0.6 is 0 Å². The summed E-state index contributed by atoms with van der Waals surface area (Å²) in [5.41, 5.74) is 3.05. The Morgan fingerprint density at radius 1 is 1.20 bits per heavy atom. The molecule has 0 fully saturated rings. The van der Waals surface area contributed by atoms with Crippen molar-refractivity contribution in [2.45, 2.75) is 13.3 Å². The minimum absolute atomic E-state index is 0.0921. The first kappa shape index (κ1) is 13.9. The van der Waals surface area contributed by atoms with Gasteiger partial charge in [0.1, 0.15) is 11.3 Å². The van der Waals surface area contributed by atoms with Gasteiger partial charge in [0.2, 0.25) is 0 Å². The van der Waals surface area contributed by atoms with Crippen LogP contribution in [0.25, 0.3) is 0 Å². The molecular formula is C16H17NO3. The molecule has 0 radical (unpaired) electrons. The van der Waals surface area contributed by atoms with E-state index >= 15 is 0 Å². The van der Waals surface area contributed by atoms with Crippen LogP contribution in [0.15, 0.2) is 42.5 Å². The lowest BCUT2D eigenvalue weighted by Gasteiger charge is -2.08. The molecule has 4 nitrogen and oxygen atoms in total. The molecule has 0 saturated heterocycles. The third kappa shape index (κ3) is 3.51. The van der Waals surface area contributed by atoms with Crippen LogP contribution in [-0.2, 0) is 6.42 Å². The van der Waals surface area contributed by atoms with Gasteiger partial charge >= 0.3 is 5.97 Å². The van der Waals surface area contributed by atoms with Crippen LogP contribution in [0.3, 0.4) is 0 Å². The molecule has 0 aromatic heterocycles. The molecule has 3 N–H and O–H groups in total. The van der Waals surface area contributed by atoms with Crippen molar-refractivity contribution in [3.63, 3.8) is 0 Å². The number of carbonyl (C=O) groups is 1. The summed E-state index contributed by atoms with van der Waals surface area (Å²) in [5.74, 6) is -1.36. The molecular weight excluding hydrogens is 254 g/mol. The van der Waals surface area contributed by atoms with Gasteiger partial charge in [-0.25, -0.2) is 4.79 Å². The first-order valence-corrected chi connectivity index (χ1v) is 6.42. The van der Waals surface area contributed by atoms with Gasteiger partial charge in [-0.3, -0.25) is 0 Å². The molecule has 0 heterocycles. The second-order valence-electron chi connectivity index (χ2n) is 4.70. The number of benzene rings is 2. The Balaban J connectivity index is 1.97. The molecule has 20 heavy (non-hydrogen) atoms. The molecule has 0 bridgehead atoms. The fraction of sp³-hybridized carbons (Fsp3) is 0.188. The maximum absolute atomic E-state index is 10.9. The van der Waals surface area contributed by atoms with E-state index in [1.807, 2.05) is 6.07 Å². The quantitative estimate of drug-likeness (QED) is 0.731. The van der Waals surface area contributed by atoms with Gasteiger partial charge in [-0.05, 0) is 37.1 Å². The van der Waals surface area contributed by atoms with E-state index in [4.69, 9.17) is 5.11 Å². The van der Waals surface area contributed by atoms with E-state index in [0.717, 1.165) is 6.42 Å². The number of hydrogen-bond acceptors (Lipinski definition) is 3. The smallest absolute Gasteiger partial charge is 0.339 e. The predicted molar refractivity (Wildman–Crippen MR) is 78.4 cm³/mol. The Hall–Kier alpha value is -2.49. The monoisotopic (exact) mass is 271 g/mol. The lowest BCUT2D eigenvalue weighted by Crippen LogP contribution is -2.06. The van der Waals surface area contributed by atoms with E-state index < -0.39 is 5.97 Å². The van der Waals surface area contributed by atoms with Gasteiger partial charge in [-0.15, -0.1) is 0 Å². The van der Waals surface area contributed by atoms with Gasteiger partial charge in [-0.2, -0.15) is 0 Å². The average molecular weight is 271 g/mol. The summed E-state index contributed by atoms with van der Waals surface area (Å²) in [6.45, 7) is 2.75. The average Bonchev–Trinajstić information content (AvgIpc) is 2.40. The van der Waals surface area contributed by atoms with Crippen molar-refractivity contribution in [1.82, 2.24) is 0 Å². The standard InChI is InChI=1S/C16H17NO3/c1-11-3-2-4-12(9-11)7-8-17-13-5-6-15(18)14(10-13)16(19)20/h2-6,9-10,17-18H,7-8H2,1H3,(H,19,20). The molecule has 2 aromatic carbocycles. The largest absolute Gasteiger partial charge is 0.507 e. The SMILES string of the molecule is Cc1cccc(CCNc2ccc(O)c(C(=O)O)c2)c1. The zero-order valence-electron chi connectivity index (χ0n) is 11.3. The van der Waals surface area contributed by atoms with Crippen LogP contribution in [0.4, 0.5) is 5.69 Å². The van der Waals surface area contributed by atoms with Crippen molar-refractivity contribution < 1.29 is 15.0 Å². The Morgan fingerprint density at radius 3 is 2.70 bits per heavy atom. The number of rotatable bonds is 5. The normalized spacial score (nSPS) is 10.2. The lowest BCUT2D eigenvalue weighted by molar-refractivity contribution is 0.0694. The molecule has 2 aromatic rings. The molecule has 0 aliphatic rings. The minimum Gasteiger partial charge on any atom is -0.507 e. The summed E-state index contributed by atoms with van der Waals surface area (Å²) in [6.07, 6.45) is 0.852. The summed E-state index contributed by atoms with van der Waals surface area (Å²) in [6, 6.07) is 12.8. The van der Waals surface area contributed by atoms with Crippen LogP contribution in [0.1, 0.15) is 21.5 Å². The van der Waals surface area contributed by atoms with Crippen LogP contribution < -0.4 is 5.32 Å². The number of anilines is 1. The Kier molecular flexibility index (Phi) is 4.25. The summed E-state index contributed by atoms with van der Waals surface area (Å²) in [5, 5.41) is 21.5. The highest BCUT2D eigenvalue weighted by atomic mass is 16.4. The Bertz CT molecular complexity index is 623. The molecule has 0 amide bonds. The number of hydrogen-bond donors (Lipinski definition) is 3. The predicted octanol–water partition coefficient (Wildman–Crippen LogP) is 3.05. The van der Waals surface area contributed by atoms with Crippen molar-refractivity contribution in [3.05, 3.63) is 59.2 Å². The maximum atomic E-state index is 10.9. The molecule has 0 unspecified atom stereocenters. The first-order chi connectivity index (χ1) is 9.56. The number of aromatic carboxylic acids is 1. The molecule has 104 valence electrons. The van der Waals surface area contributed by atoms with E-state index in [9.17, 15) is 9.90 Å². The third-order valence-electron chi connectivity index (χ3n) is 3.05. The Morgan fingerprint density at radius 2 is 2.00 bits per heavy atom. The molecule has 2 rings (SSSR count).